The Balaban J connectivity index is 1.42. The maximum atomic E-state index is 14.4. The third kappa shape index (κ3) is 7.99. The predicted molar refractivity (Wildman–Crippen MR) is 206 cm³/mol. The molecule has 1 aliphatic rings. The van der Waals surface area contributed by atoms with Gasteiger partial charge >= 0.3 is 11.9 Å². The van der Waals surface area contributed by atoms with Crippen LogP contribution in [0.5, 0.6) is 11.5 Å². The van der Waals surface area contributed by atoms with E-state index in [1.165, 1.54) is 18.4 Å². The highest BCUT2D eigenvalue weighted by Gasteiger charge is 2.35. The number of carbonyl (C=O) groups excluding carboxylic acids is 2. The van der Waals surface area contributed by atoms with Crippen molar-refractivity contribution in [2.45, 2.75) is 46.3 Å². The summed E-state index contributed by atoms with van der Waals surface area (Å²) in [6.07, 6.45) is 1.73. The minimum Gasteiger partial charge on any atom is -0.493 e. The Morgan fingerprint density at radius 2 is 1.60 bits per heavy atom. The number of ether oxygens (including phenoxy) is 4. The molecule has 5 aromatic rings. The maximum Gasteiger partial charge on any atom is 0.338 e. The Kier molecular flexibility index (Phi) is 11.6. The molecule has 0 aliphatic carbocycles. The van der Waals surface area contributed by atoms with Crippen LogP contribution in [0.15, 0.2) is 106 Å². The molecule has 6 rings (SSSR count). The Morgan fingerprint density at radius 1 is 0.925 bits per heavy atom. The number of aromatic nitrogens is 1. The van der Waals surface area contributed by atoms with E-state index in [1.807, 2.05) is 54.6 Å². The fourth-order valence-corrected chi connectivity index (χ4v) is 7.32. The number of halogens is 1. The van der Waals surface area contributed by atoms with Gasteiger partial charge in [-0.2, -0.15) is 0 Å². The van der Waals surface area contributed by atoms with Gasteiger partial charge in [-0.05, 0) is 72.4 Å². The van der Waals surface area contributed by atoms with E-state index in [-0.39, 0.29) is 35.3 Å². The second kappa shape index (κ2) is 16.5. The summed E-state index contributed by atoms with van der Waals surface area (Å²) in [6.45, 7) is 8.37. The Labute approximate surface area is 316 Å². The number of hydrogen-bond acceptors (Lipinski definition) is 9. The molecule has 2 heterocycles. The number of carbonyl (C=O) groups is 2. The highest BCUT2D eigenvalue weighted by atomic mass is 35.5. The molecule has 0 radical (unpaired) electrons. The van der Waals surface area contributed by atoms with Crippen LogP contribution in [0, 0.1) is 0 Å². The highest BCUT2D eigenvalue weighted by molar-refractivity contribution is 7.07. The largest absolute Gasteiger partial charge is 0.493 e. The van der Waals surface area contributed by atoms with E-state index in [1.54, 1.807) is 60.9 Å². The zero-order valence-electron chi connectivity index (χ0n) is 30.1. The van der Waals surface area contributed by atoms with Gasteiger partial charge in [0.15, 0.2) is 16.3 Å². The van der Waals surface area contributed by atoms with E-state index in [0.29, 0.717) is 50.2 Å². The number of nitrogens with zero attached hydrogens (tertiary/aromatic N) is 2. The van der Waals surface area contributed by atoms with Crippen LogP contribution in [0.1, 0.15) is 77.8 Å². The molecule has 4 aromatic carbocycles. The fraction of sp³-hybridized carbons (Fsp3) is 0.238. The van der Waals surface area contributed by atoms with Gasteiger partial charge in [0.1, 0.15) is 6.61 Å². The topological polar surface area (TPSA) is 105 Å². The first-order valence-corrected chi connectivity index (χ1v) is 18.5. The van der Waals surface area contributed by atoms with Gasteiger partial charge in [-0.25, -0.2) is 14.6 Å². The summed E-state index contributed by atoms with van der Waals surface area (Å²) in [6, 6.07) is 27.0. The lowest BCUT2D eigenvalue weighted by Gasteiger charge is -2.26. The average molecular weight is 751 g/mol. The van der Waals surface area contributed by atoms with Crippen molar-refractivity contribution < 1.29 is 28.5 Å². The summed E-state index contributed by atoms with van der Waals surface area (Å²) in [7, 11) is 1.51. The molecule has 11 heteroatoms. The lowest BCUT2D eigenvalue weighted by molar-refractivity contribution is -0.138. The molecule has 1 atom stereocenters. The highest BCUT2D eigenvalue weighted by Crippen LogP contribution is 2.38. The molecule has 0 unspecified atom stereocenters. The van der Waals surface area contributed by atoms with Gasteiger partial charge in [-0.3, -0.25) is 9.36 Å². The Morgan fingerprint density at radius 3 is 2.25 bits per heavy atom. The zero-order valence-corrected chi connectivity index (χ0v) is 31.6. The van der Waals surface area contributed by atoms with Crippen LogP contribution in [0.2, 0.25) is 5.02 Å². The number of fused-ring (bicyclic) bond motifs is 1. The van der Waals surface area contributed by atoms with E-state index >= 15 is 0 Å². The van der Waals surface area contributed by atoms with Gasteiger partial charge in [0, 0.05) is 5.56 Å². The van der Waals surface area contributed by atoms with Gasteiger partial charge in [-0.15, -0.1) is 0 Å². The van der Waals surface area contributed by atoms with Crippen molar-refractivity contribution in [1.82, 2.24) is 4.57 Å². The molecule has 0 N–H and O–H groups in total. The van der Waals surface area contributed by atoms with E-state index in [9.17, 15) is 14.4 Å². The van der Waals surface area contributed by atoms with Crippen LogP contribution in [0.4, 0.5) is 0 Å². The molecule has 53 heavy (non-hydrogen) atoms. The van der Waals surface area contributed by atoms with Gasteiger partial charge in [0.05, 0.1) is 52.8 Å². The summed E-state index contributed by atoms with van der Waals surface area (Å²) in [5, 5.41) is 0.283. The SMILES string of the molecule is CCOC(=O)C1=C(c2ccccc2)N=c2s/c(=C\c3cc(Cl)c(OCc4ccc(C(=O)OCC)cc4)c(OC)c3)c(=O)n2[C@@H]1c1ccc(C(C)C)cc1. The minimum absolute atomic E-state index is 0.165. The van der Waals surface area contributed by atoms with E-state index in [0.717, 1.165) is 22.3 Å². The fourth-order valence-electron chi connectivity index (χ4n) is 6.04. The van der Waals surface area contributed by atoms with Crippen LogP contribution < -0.4 is 24.4 Å². The lowest BCUT2D eigenvalue weighted by Crippen LogP contribution is -2.40. The predicted octanol–water partition coefficient (Wildman–Crippen LogP) is 7.48. The number of esters is 2. The van der Waals surface area contributed by atoms with Gasteiger partial charge < -0.3 is 18.9 Å². The summed E-state index contributed by atoms with van der Waals surface area (Å²) in [4.78, 5) is 45.6. The Bertz CT molecular complexity index is 2350. The van der Waals surface area contributed by atoms with Crippen molar-refractivity contribution >= 4 is 46.6 Å². The van der Waals surface area contributed by atoms with Crippen LogP contribution in [-0.4, -0.2) is 36.8 Å². The minimum atomic E-state index is -0.788. The van der Waals surface area contributed by atoms with Crippen molar-refractivity contribution in [2.75, 3.05) is 20.3 Å². The number of thiazole rings is 1. The third-order valence-corrected chi connectivity index (χ3v) is 9.95. The quantitative estimate of drug-likeness (QED) is 0.122. The first-order chi connectivity index (χ1) is 25.6. The van der Waals surface area contributed by atoms with Gasteiger partial charge in [0.25, 0.3) is 5.56 Å². The number of methoxy groups -OCH3 is 1. The molecular weight excluding hydrogens is 712 g/mol. The molecule has 0 spiro atoms. The molecule has 1 aliphatic heterocycles. The van der Waals surface area contributed by atoms with E-state index in [4.69, 9.17) is 35.5 Å². The number of benzene rings is 4. The average Bonchev–Trinajstić information content (AvgIpc) is 3.47. The molecular formula is C42H39ClN2O7S. The first-order valence-electron chi connectivity index (χ1n) is 17.3. The molecule has 0 bridgehead atoms. The molecule has 9 nitrogen and oxygen atoms in total. The van der Waals surface area contributed by atoms with Crippen molar-refractivity contribution in [3.63, 3.8) is 0 Å². The molecule has 0 amide bonds. The molecule has 0 saturated carbocycles. The standard InChI is InChI=1S/C42H39ClN2O7S/c1-6-50-40(47)31-15-13-26(14-16-31)24-52-38-32(43)21-27(22-33(38)49-5)23-34-39(46)45-37(30-19-17-28(18-20-30)25(3)4)35(41(48)51-7-2)36(44-42(45)53-34)29-11-9-8-10-12-29/h8-23,25,37H,6-7,24H2,1-5H3/b34-23-/t37-/m1/s1. The first kappa shape index (κ1) is 37.3. The molecule has 1 aromatic heterocycles. The Hall–Kier alpha value is -5.45. The third-order valence-electron chi connectivity index (χ3n) is 8.69. The summed E-state index contributed by atoms with van der Waals surface area (Å²) >= 11 is 7.97. The van der Waals surface area contributed by atoms with Gasteiger partial charge in [-0.1, -0.05) is 104 Å². The van der Waals surface area contributed by atoms with E-state index in [2.05, 4.69) is 13.8 Å². The van der Waals surface area contributed by atoms with Crippen LogP contribution in [0.3, 0.4) is 0 Å². The summed E-state index contributed by atoms with van der Waals surface area (Å²) in [5.74, 6) is 0.0808. The smallest absolute Gasteiger partial charge is 0.338 e. The zero-order chi connectivity index (χ0) is 37.6. The van der Waals surface area contributed by atoms with Crippen LogP contribution in [0.25, 0.3) is 11.8 Å². The second-order valence-electron chi connectivity index (χ2n) is 12.5. The lowest BCUT2D eigenvalue weighted by atomic mass is 9.91. The molecule has 0 fully saturated rings. The molecule has 0 saturated heterocycles. The van der Waals surface area contributed by atoms with E-state index < -0.39 is 12.0 Å². The number of rotatable bonds is 12. The summed E-state index contributed by atoms with van der Waals surface area (Å²) in [5.41, 5.74) is 4.92. The normalized spacial score (nSPS) is 14.1. The maximum absolute atomic E-state index is 14.4. The van der Waals surface area contributed by atoms with Crippen LogP contribution in [-0.2, 0) is 20.9 Å². The molecule has 272 valence electrons. The van der Waals surface area contributed by atoms with Crippen LogP contribution >= 0.6 is 22.9 Å². The van der Waals surface area contributed by atoms with Crippen molar-refractivity contribution in [3.8, 4) is 11.5 Å². The van der Waals surface area contributed by atoms with Crippen molar-refractivity contribution in [1.29, 1.82) is 0 Å². The summed E-state index contributed by atoms with van der Waals surface area (Å²) < 4.78 is 24.3. The van der Waals surface area contributed by atoms with Crippen molar-refractivity contribution in [2.24, 2.45) is 4.99 Å². The van der Waals surface area contributed by atoms with Crippen molar-refractivity contribution in [3.05, 3.63) is 155 Å². The number of hydrogen-bond donors (Lipinski definition) is 0. The monoisotopic (exact) mass is 750 g/mol. The second-order valence-corrected chi connectivity index (χ2v) is 13.9. The van der Waals surface area contributed by atoms with Gasteiger partial charge in [0.2, 0.25) is 0 Å².